The van der Waals surface area contributed by atoms with Crippen LogP contribution in [-0.2, 0) is 4.79 Å². The van der Waals surface area contributed by atoms with Crippen LogP contribution in [0.25, 0.3) is 22.3 Å². The number of anilines is 1. The van der Waals surface area contributed by atoms with Gasteiger partial charge in [0.2, 0.25) is 27.6 Å². The SMILES string of the molecule is CCC.COc1c(-c2ccc(NC(C)=O)cc2)c(=O)c1=O.COc1c(C)c(=O)c1=O.Cc1c(-c2ccccc2)c(=O)c1=O. The first-order chi connectivity index (χ1) is 20.4. The summed E-state index contributed by atoms with van der Waals surface area (Å²) in [5.41, 5.74) is 1.17. The molecule has 5 rings (SSSR count). The second kappa shape index (κ2) is 15.1. The molecule has 0 bridgehead atoms. The van der Waals surface area contributed by atoms with E-state index in [0.717, 1.165) is 5.56 Å². The summed E-state index contributed by atoms with van der Waals surface area (Å²) in [6.07, 6.45) is 1.25. The smallest absolute Gasteiger partial charge is 0.268 e. The molecule has 0 spiro atoms. The van der Waals surface area contributed by atoms with Crippen molar-refractivity contribution in [3.8, 4) is 33.8 Å². The molecular formula is C33H33NO9. The number of nitrogens with one attached hydrogen (secondary N) is 1. The van der Waals surface area contributed by atoms with Crippen molar-refractivity contribution in [1.82, 2.24) is 0 Å². The van der Waals surface area contributed by atoms with E-state index >= 15 is 0 Å². The fourth-order valence-corrected chi connectivity index (χ4v) is 3.94. The van der Waals surface area contributed by atoms with Crippen LogP contribution in [0.5, 0.6) is 11.5 Å². The summed E-state index contributed by atoms with van der Waals surface area (Å²) in [4.78, 5) is 76.5. The molecule has 0 unspecified atom stereocenters. The molecule has 1 N–H and O–H groups in total. The van der Waals surface area contributed by atoms with E-state index in [1.54, 1.807) is 38.1 Å². The third-order valence-corrected chi connectivity index (χ3v) is 6.07. The van der Waals surface area contributed by atoms with Crippen LogP contribution in [0.1, 0.15) is 38.3 Å². The highest BCUT2D eigenvalue weighted by Gasteiger charge is 2.23. The van der Waals surface area contributed by atoms with Crippen molar-refractivity contribution in [1.29, 1.82) is 0 Å². The molecule has 0 saturated carbocycles. The van der Waals surface area contributed by atoms with Gasteiger partial charge >= 0.3 is 0 Å². The van der Waals surface area contributed by atoms with E-state index < -0.39 is 21.7 Å². The quantitative estimate of drug-likeness (QED) is 0.306. The Labute approximate surface area is 247 Å². The molecule has 5 aromatic rings. The minimum absolute atomic E-state index is 0.0901. The average Bonchev–Trinajstić information content (AvgIpc) is 3.01. The number of carbonyl (C=O) groups is 1. The Balaban J connectivity index is 0.000000226. The highest BCUT2D eigenvalue weighted by atomic mass is 16.5. The Morgan fingerprint density at radius 3 is 1.47 bits per heavy atom. The van der Waals surface area contributed by atoms with Gasteiger partial charge in [0.25, 0.3) is 10.9 Å². The Bertz CT molecular complexity index is 1910. The Morgan fingerprint density at radius 2 is 1.05 bits per heavy atom. The molecule has 0 atom stereocenters. The van der Waals surface area contributed by atoms with Gasteiger partial charge in [0.1, 0.15) is 0 Å². The second-order valence-electron chi connectivity index (χ2n) is 9.37. The summed E-state index contributed by atoms with van der Waals surface area (Å²) in [5, 5.41) is 2.61. The van der Waals surface area contributed by atoms with E-state index in [1.165, 1.54) is 27.6 Å². The number of ether oxygens (including phenoxy) is 2. The zero-order valence-electron chi connectivity index (χ0n) is 25.1. The van der Waals surface area contributed by atoms with Crippen molar-refractivity contribution in [3.05, 3.63) is 127 Å². The van der Waals surface area contributed by atoms with Crippen molar-refractivity contribution in [3.63, 3.8) is 0 Å². The molecule has 10 nitrogen and oxygen atoms in total. The number of methoxy groups -OCH3 is 2. The minimum Gasteiger partial charge on any atom is -0.492 e. The van der Waals surface area contributed by atoms with Gasteiger partial charge in [0.05, 0.1) is 19.8 Å². The maximum absolute atomic E-state index is 11.4. The molecular weight excluding hydrogens is 554 g/mol. The zero-order valence-corrected chi connectivity index (χ0v) is 25.1. The fraction of sp³-hybridized carbons (Fsp3) is 0.242. The summed E-state index contributed by atoms with van der Waals surface area (Å²) in [6.45, 7) is 8.92. The topological polar surface area (TPSA) is 150 Å². The van der Waals surface area contributed by atoms with Gasteiger partial charge in [0.15, 0.2) is 11.5 Å². The van der Waals surface area contributed by atoms with Crippen LogP contribution in [0.2, 0.25) is 0 Å². The van der Waals surface area contributed by atoms with Gasteiger partial charge in [-0.1, -0.05) is 62.7 Å². The molecule has 5 aromatic carbocycles. The van der Waals surface area contributed by atoms with Crippen LogP contribution in [-0.4, -0.2) is 20.1 Å². The molecule has 0 heterocycles. The van der Waals surface area contributed by atoms with E-state index in [4.69, 9.17) is 4.74 Å². The predicted molar refractivity (Wildman–Crippen MR) is 168 cm³/mol. The number of benzene rings is 2. The number of rotatable bonds is 5. The Hall–Kier alpha value is -5.25. The molecule has 0 aliphatic carbocycles. The summed E-state index contributed by atoms with van der Waals surface area (Å²) in [6, 6.07) is 15.9. The lowest BCUT2D eigenvalue weighted by molar-refractivity contribution is -0.114. The van der Waals surface area contributed by atoms with Crippen LogP contribution in [0, 0.1) is 13.8 Å². The lowest BCUT2D eigenvalue weighted by Gasteiger charge is -2.10. The number of amides is 1. The first kappa shape index (κ1) is 34.0. The van der Waals surface area contributed by atoms with Crippen molar-refractivity contribution < 1.29 is 14.3 Å². The number of hydrogen-bond donors (Lipinski definition) is 1. The van der Waals surface area contributed by atoms with Gasteiger partial charge in [-0.05, 0) is 37.1 Å². The first-order valence-corrected chi connectivity index (χ1v) is 13.3. The van der Waals surface area contributed by atoms with Gasteiger partial charge in [-0.25, -0.2) is 0 Å². The van der Waals surface area contributed by atoms with Crippen molar-refractivity contribution in [2.24, 2.45) is 0 Å². The van der Waals surface area contributed by atoms with Crippen LogP contribution in [0.15, 0.2) is 83.4 Å². The second-order valence-corrected chi connectivity index (χ2v) is 9.37. The van der Waals surface area contributed by atoms with E-state index in [-0.39, 0.29) is 33.8 Å². The van der Waals surface area contributed by atoms with Crippen molar-refractivity contribution in [2.75, 3.05) is 19.5 Å². The van der Waals surface area contributed by atoms with Crippen LogP contribution < -0.4 is 47.4 Å². The monoisotopic (exact) mass is 587 g/mol. The largest absolute Gasteiger partial charge is 0.492 e. The lowest BCUT2D eigenvalue weighted by atomic mass is 9.95. The first-order valence-electron chi connectivity index (χ1n) is 13.3. The molecule has 1 amide bonds. The van der Waals surface area contributed by atoms with Gasteiger partial charge in [-0.3, -0.25) is 33.6 Å². The normalized spacial score (nSPS) is 10.0. The molecule has 0 aliphatic rings. The van der Waals surface area contributed by atoms with Crippen LogP contribution >= 0.6 is 0 Å². The maximum Gasteiger partial charge on any atom is 0.268 e. The predicted octanol–water partition coefficient (Wildman–Crippen LogP) is 3.19. The number of hydrogen-bond acceptors (Lipinski definition) is 9. The summed E-state index contributed by atoms with van der Waals surface area (Å²) in [5.74, 6) is 0.127. The van der Waals surface area contributed by atoms with E-state index in [9.17, 15) is 33.6 Å². The van der Waals surface area contributed by atoms with Gasteiger partial charge in [0, 0.05) is 29.3 Å². The van der Waals surface area contributed by atoms with Gasteiger partial charge in [-0.2, -0.15) is 0 Å². The van der Waals surface area contributed by atoms with Gasteiger partial charge < -0.3 is 14.8 Å². The fourth-order valence-electron chi connectivity index (χ4n) is 3.94. The third-order valence-electron chi connectivity index (χ3n) is 6.07. The molecule has 0 aliphatic heterocycles. The molecule has 0 saturated heterocycles. The summed E-state index contributed by atoms with van der Waals surface area (Å²) >= 11 is 0. The molecule has 0 fully saturated rings. The highest BCUT2D eigenvalue weighted by molar-refractivity contribution is 5.89. The van der Waals surface area contributed by atoms with Crippen molar-refractivity contribution >= 4 is 11.6 Å². The van der Waals surface area contributed by atoms with E-state index in [2.05, 4.69) is 23.9 Å². The Kier molecular flexibility index (Phi) is 11.9. The summed E-state index contributed by atoms with van der Waals surface area (Å²) in [7, 11) is 2.73. The van der Waals surface area contributed by atoms with E-state index in [0.29, 0.717) is 27.9 Å². The third kappa shape index (κ3) is 7.53. The average molecular weight is 588 g/mol. The maximum atomic E-state index is 11.4. The van der Waals surface area contributed by atoms with Crippen LogP contribution in [0.4, 0.5) is 5.69 Å². The molecule has 0 aromatic heterocycles. The molecule has 10 heteroatoms. The highest BCUT2D eigenvalue weighted by Crippen LogP contribution is 2.26. The lowest BCUT2D eigenvalue weighted by Crippen LogP contribution is -2.35. The summed E-state index contributed by atoms with van der Waals surface area (Å²) < 4.78 is 9.46. The molecule has 0 radical (unpaired) electrons. The zero-order chi connectivity index (χ0) is 32.4. The van der Waals surface area contributed by atoms with Crippen molar-refractivity contribution in [2.45, 2.75) is 41.0 Å². The molecule has 43 heavy (non-hydrogen) atoms. The molecule has 224 valence electrons. The minimum atomic E-state index is -0.599. The van der Waals surface area contributed by atoms with Crippen LogP contribution in [0.3, 0.4) is 0 Å². The standard InChI is InChI=1S/C13H11NO4.C11H8O2.C6H6O3.C3H8/c1-7(15)14-9-5-3-8(4-6-9)10-11(16)12(17)13(10)18-2;1-7-9(11(13)10(7)12)8-5-3-2-4-6-8;1-3-4(7)5(8)6(3)9-2;1-3-2/h3-6H,1-2H3,(H,14,15);2-6H,1H3;1-2H3;3H2,1-2H3. The van der Waals surface area contributed by atoms with E-state index in [1.807, 2.05) is 30.3 Å². The number of carbonyl (C=O) groups excluding carboxylic acids is 1. The Morgan fingerprint density at radius 1 is 0.605 bits per heavy atom. The van der Waals surface area contributed by atoms with Gasteiger partial charge in [-0.15, -0.1) is 0 Å².